The second-order valence-corrected chi connectivity index (χ2v) is 5.02. The van der Waals surface area contributed by atoms with Gasteiger partial charge in [-0.05, 0) is 33.0 Å². The van der Waals surface area contributed by atoms with Gasteiger partial charge in [0.1, 0.15) is 5.15 Å². The molecule has 0 fully saturated rings. The minimum absolute atomic E-state index is 0.0495. The van der Waals surface area contributed by atoms with Gasteiger partial charge in [0.15, 0.2) is 0 Å². The molecule has 0 radical (unpaired) electrons. The van der Waals surface area contributed by atoms with Gasteiger partial charge in [-0.2, -0.15) is 0 Å². The zero-order valence-electron chi connectivity index (χ0n) is 7.36. The van der Waals surface area contributed by atoms with Crippen LogP contribution in [0.1, 0.15) is 26.3 Å². The van der Waals surface area contributed by atoms with Crippen molar-refractivity contribution in [2.24, 2.45) is 0 Å². The maximum Gasteiger partial charge on any atom is 0.132 e. The summed E-state index contributed by atoms with van der Waals surface area (Å²) < 4.78 is 0.969. The van der Waals surface area contributed by atoms with Crippen molar-refractivity contribution in [1.82, 2.24) is 4.98 Å². The van der Waals surface area contributed by atoms with Gasteiger partial charge >= 0.3 is 0 Å². The molecule has 0 atom stereocenters. The molecule has 3 heteroatoms. The van der Waals surface area contributed by atoms with E-state index in [9.17, 15) is 0 Å². The van der Waals surface area contributed by atoms with E-state index in [0.717, 1.165) is 10.0 Å². The topological polar surface area (TPSA) is 12.9 Å². The molecule has 1 nitrogen and oxygen atoms in total. The molecule has 0 bridgehead atoms. The predicted molar refractivity (Wildman–Crippen MR) is 55.6 cm³/mol. The van der Waals surface area contributed by atoms with Crippen molar-refractivity contribution in [2.75, 3.05) is 0 Å². The Balaban J connectivity index is 3.23. The van der Waals surface area contributed by atoms with Gasteiger partial charge in [-0.3, -0.25) is 0 Å². The molecule has 0 aliphatic heterocycles. The van der Waals surface area contributed by atoms with E-state index in [1.807, 2.05) is 6.07 Å². The average molecular weight is 249 g/mol. The number of pyridine rings is 1. The summed E-state index contributed by atoms with van der Waals surface area (Å²) in [5.74, 6) is 0. The normalized spacial score (nSPS) is 11.8. The van der Waals surface area contributed by atoms with Gasteiger partial charge < -0.3 is 0 Å². The molecule has 0 unspecified atom stereocenters. The van der Waals surface area contributed by atoms with E-state index in [4.69, 9.17) is 11.6 Å². The van der Waals surface area contributed by atoms with Crippen LogP contribution in [0.25, 0.3) is 0 Å². The minimum Gasteiger partial charge on any atom is -0.243 e. The number of halogens is 2. The van der Waals surface area contributed by atoms with Crippen molar-refractivity contribution in [1.29, 1.82) is 0 Å². The zero-order chi connectivity index (χ0) is 9.35. The molecule has 0 amide bonds. The van der Waals surface area contributed by atoms with Gasteiger partial charge in [0.25, 0.3) is 0 Å². The highest BCUT2D eigenvalue weighted by atomic mass is 79.9. The summed E-state index contributed by atoms with van der Waals surface area (Å²) in [7, 11) is 0. The van der Waals surface area contributed by atoms with Crippen molar-refractivity contribution in [3.05, 3.63) is 27.5 Å². The molecule has 0 spiro atoms. The molecular weight excluding hydrogens is 237 g/mol. The zero-order valence-corrected chi connectivity index (χ0v) is 9.70. The van der Waals surface area contributed by atoms with Crippen molar-refractivity contribution >= 4 is 27.5 Å². The van der Waals surface area contributed by atoms with Crippen molar-refractivity contribution in [3.8, 4) is 0 Å². The fourth-order valence-corrected chi connectivity index (χ4v) is 1.67. The molecule has 0 saturated heterocycles. The Morgan fingerprint density at radius 1 is 1.42 bits per heavy atom. The third kappa shape index (κ3) is 2.20. The van der Waals surface area contributed by atoms with Crippen molar-refractivity contribution < 1.29 is 0 Å². The number of rotatable bonds is 0. The van der Waals surface area contributed by atoms with Gasteiger partial charge in [0.05, 0.1) is 0 Å². The summed E-state index contributed by atoms with van der Waals surface area (Å²) >= 11 is 9.32. The minimum atomic E-state index is 0.0495. The van der Waals surface area contributed by atoms with Crippen molar-refractivity contribution in [2.45, 2.75) is 26.2 Å². The van der Waals surface area contributed by atoms with Gasteiger partial charge in [-0.25, -0.2) is 4.98 Å². The van der Waals surface area contributed by atoms with E-state index < -0.39 is 0 Å². The standard InChI is InChI=1S/C9H11BrClN/c1-9(2,3)7-4-6(10)5-12-8(7)11/h4-5H,1-3H3. The highest BCUT2D eigenvalue weighted by Gasteiger charge is 2.18. The Hall–Kier alpha value is -0.0800. The van der Waals surface area contributed by atoms with Gasteiger partial charge in [0.2, 0.25) is 0 Å². The lowest BCUT2D eigenvalue weighted by molar-refractivity contribution is 0.587. The number of nitrogens with zero attached hydrogens (tertiary/aromatic N) is 1. The third-order valence-electron chi connectivity index (χ3n) is 1.61. The van der Waals surface area contributed by atoms with Crippen LogP contribution in [0.5, 0.6) is 0 Å². The van der Waals surface area contributed by atoms with E-state index in [0.29, 0.717) is 5.15 Å². The van der Waals surface area contributed by atoms with Crippen LogP contribution in [0.15, 0.2) is 16.7 Å². The monoisotopic (exact) mass is 247 g/mol. The maximum atomic E-state index is 5.95. The second-order valence-electron chi connectivity index (χ2n) is 3.74. The SMILES string of the molecule is CC(C)(C)c1cc(Br)cnc1Cl. The lowest BCUT2D eigenvalue weighted by Gasteiger charge is -2.19. The van der Waals surface area contributed by atoms with E-state index in [1.54, 1.807) is 6.20 Å². The number of hydrogen-bond donors (Lipinski definition) is 0. The molecule has 1 aromatic rings. The summed E-state index contributed by atoms with van der Waals surface area (Å²) in [6.07, 6.45) is 1.71. The quantitative estimate of drug-likeness (QED) is 0.637. The third-order valence-corrected chi connectivity index (χ3v) is 2.35. The maximum absolute atomic E-state index is 5.95. The summed E-state index contributed by atoms with van der Waals surface area (Å²) in [6.45, 7) is 6.34. The molecule has 1 aromatic heterocycles. The van der Waals surface area contributed by atoms with E-state index in [2.05, 4.69) is 41.7 Å². The van der Waals surface area contributed by atoms with Crippen LogP contribution >= 0.6 is 27.5 Å². The Morgan fingerprint density at radius 2 is 2.00 bits per heavy atom. The Kier molecular flexibility index (Phi) is 2.79. The van der Waals surface area contributed by atoms with Crippen LogP contribution in [-0.4, -0.2) is 4.98 Å². The Labute approximate surface area is 86.3 Å². The van der Waals surface area contributed by atoms with Crippen molar-refractivity contribution in [3.63, 3.8) is 0 Å². The fraction of sp³-hybridized carbons (Fsp3) is 0.444. The molecule has 0 saturated carbocycles. The Bertz CT molecular complexity index is 291. The smallest absolute Gasteiger partial charge is 0.132 e. The first-order valence-electron chi connectivity index (χ1n) is 3.73. The molecule has 12 heavy (non-hydrogen) atoms. The fourth-order valence-electron chi connectivity index (χ4n) is 0.949. The summed E-state index contributed by atoms with van der Waals surface area (Å²) in [6, 6.07) is 2.01. The van der Waals surface area contributed by atoms with Crippen LogP contribution < -0.4 is 0 Å². The molecule has 0 aliphatic carbocycles. The first-order valence-corrected chi connectivity index (χ1v) is 4.90. The van der Waals surface area contributed by atoms with E-state index in [-0.39, 0.29) is 5.41 Å². The lowest BCUT2D eigenvalue weighted by Crippen LogP contribution is -2.12. The highest BCUT2D eigenvalue weighted by Crippen LogP contribution is 2.29. The molecule has 1 heterocycles. The van der Waals surface area contributed by atoms with Crippen LogP contribution in [0.3, 0.4) is 0 Å². The van der Waals surface area contributed by atoms with E-state index in [1.165, 1.54) is 0 Å². The second kappa shape index (κ2) is 3.35. The largest absolute Gasteiger partial charge is 0.243 e. The summed E-state index contributed by atoms with van der Waals surface area (Å²) in [5.41, 5.74) is 1.12. The first-order chi connectivity index (χ1) is 5.41. The summed E-state index contributed by atoms with van der Waals surface area (Å²) in [4.78, 5) is 4.06. The molecule has 0 aromatic carbocycles. The number of hydrogen-bond acceptors (Lipinski definition) is 1. The van der Waals surface area contributed by atoms with Gasteiger partial charge in [-0.1, -0.05) is 32.4 Å². The van der Waals surface area contributed by atoms with Crippen LogP contribution in [0, 0.1) is 0 Å². The van der Waals surface area contributed by atoms with Crippen LogP contribution in [0.2, 0.25) is 5.15 Å². The summed E-state index contributed by atoms with van der Waals surface area (Å²) in [5, 5.41) is 0.589. The first kappa shape index (κ1) is 10.0. The predicted octanol–water partition coefficient (Wildman–Crippen LogP) is 3.80. The molecule has 1 rings (SSSR count). The molecule has 66 valence electrons. The number of aromatic nitrogens is 1. The Morgan fingerprint density at radius 3 is 2.42 bits per heavy atom. The van der Waals surface area contributed by atoms with Gasteiger partial charge in [0, 0.05) is 10.7 Å². The molecule has 0 aliphatic rings. The molecule has 0 N–H and O–H groups in total. The van der Waals surface area contributed by atoms with Gasteiger partial charge in [-0.15, -0.1) is 0 Å². The highest BCUT2D eigenvalue weighted by molar-refractivity contribution is 9.10. The lowest BCUT2D eigenvalue weighted by atomic mass is 9.88. The van der Waals surface area contributed by atoms with Crippen LogP contribution in [0.4, 0.5) is 0 Å². The average Bonchev–Trinajstić information content (AvgIpc) is 1.92. The van der Waals surface area contributed by atoms with E-state index >= 15 is 0 Å². The molecular formula is C9H11BrClN. The van der Waals surface area contributed by atoms with Crippen LogP contribution in [-0.2, 0) is 5.41 Å².